The minimum Gasteiger partial charge on any atom is -0.458 e. The standard InChI is InChI=1S/C63H89NO20/c1-34-54(67)44(72-8)29-51(75-34)83-56-37(4)78-53(31-46(56)74-10)84-57-36(3)77-52(30-45(57)73-9)82-55-35(2)76-50(28-43(55)65)80-42-21-22-59(6)41(27-42)20-23-62(70)47(59)32-48(81-49(66)19-18-39-15-12-11-13-16-39)60(7)61(69,24-25-63(60,62)71)38(5)79-58(68)40-17-14-26-64-33-40/h11-20,26,33-38,42-48,50-57,65,67,69-71H,21-25,27-32H2,1-10H3. The van der Waals surface area contributed by atoms with E-state index in [4.69, 9.17) is 61.6 Å². The first-order valence-corrected chi connectivity index (χ1v) is 30.1. The van der Waals surface area contributed by atoms with Gasteiger partial charge >= 0.3 is 11.9 Å². The Morgan fingerprint density at radius 2 is 1.29 bits per heavy atom. The van der Waals surface area contributed by atoms with Gasteiger partial charge in [0.1, 0.15) is 53.4 Å². The average molecular weight is 1180 g/mol. The Morgan fingerprint density at radius 1 is 0.702 bits per heavy atom. The molecule has 25 atom stereocenters. The Balaban J connectivity index is 0.767. The van der Waals surface area contributed by atoms with Crippen molar-refractivity contribution in [2.75, 3.05) is 21.3 Å². The molecule has 4 aliphatic carbocycles. The number of nitrogens with zero attached hydrogens (tertiary/aromatic N) is 1. The maximum Gasteiger partial charge on any atom is 0.340 e. The largest absolute Gasteiger partial charge is 0.458 e. The van der Waals surface area contributed by atoms with Gasteiger partial charge in [0, 0.05) is 71.4 Å². The highest BCUT2D eigenvalue weighted by Gasteiger charge is 2.81. The number of hydrogen-bond donors (Lipinski definition) is 5. The zero-order valence-electron chi connectivity index (χ0n) is 50.1. The molecule has 0 bridgehead atoms. The summed E-state index contributed by atoms with van der Waals surface area (Å²) in [5.41, 5.74) is -6.24. The lowest BCUT2D eigenvalue weighted by atomic mass is 9.42. The molecule has 1 aromatic heterocycles. The molecular formula is C63H89NO20. The molecule has 5 heterocycles. The maximum absolute atomic E-state index is 13.9. The number of aliphatic hydroxyl groups is 5. The molecule has 21 nitrogen and oxygen atoms in total. The van der Waals surface area contributed by atoms with Crippen molar-refractivity contribution in [2.24, 2.45) is 16.7 Å². The van der Waals surface area contributed by atoms with E-state index in [0.717, 1.165) is 11.1 Å². The van der Waals surface area contributed by atoms with Gasteiger partial charge in [-0.3, -0.25) is 4.98 Å². The summed E-state index contributed by atoms with van der Waals surface area (Å²) in [6, 6.07) is 12.4. The van der Waals surface area contributed by atoms with Gasteiger partial charge in [-0.1, -0.05) is 55.8 Å². The lowest BCUT2D eigenvalue weighted by Crippen LogP contribution is -2.78. The van der Waals surface area contributed by atoms with Crippen molar-refractivity contribution in [3.05, 3.63) is 83.7 Å². The minimum absolute atomic E-state index is 0.0425. The van der Waals surface area contributed by atoms with Crippen LogP contribution in [0.1, 0.15) is 135 Å². The fourth-order valence-corrected chi connectivity index (χ4v) is 15.7. The first-order valence-electron chi connectivity index (χ1n) is 30.1. The normalized spacial score (nSPS) is 45.4. The summed E-state index contributed by atoms with van der Waals surface area (Å²) in [6.07, 6.45) is -1.76. The topological polar surface area (TPSA) is 268 Å². The van der Waals surface area contributed by atoms with Crippen LogP contribution in [0.25, 0.3) is 6.08 Å². The van der Waals surface area contributed by atoms with Crippen LogP contribution < -0.4 is 0 Å². The van der Waals surface area contributed by atoms with Crippen molar-refractivity contribution in [1.29, 1.82) is 0 Å². The van der Waals surface area contributed by atoms with Crippen molar-refractivity contribution in [3.8, 4) is 0 Å². The van der Waals surface area contributed by atoms with Crippen LogP contribution in [0, 0.1) is 16.7 Å². The number of benzene rings is 1. The van der Waals surface area contributed by atoms with E-state index in [-0.39, 0.29) is 43.8 Å². The quantitative estimate of drug-likeness (QED) is 0.0729. The van der Waals surface area contributed by atoms with Crippen LogP contribution >= 0.6 is 0 Å². The SMILES string of the molecule is COC1CC(OC2C(C)OC(OC3C(C)OC(OC4C(O)CC(OC5CCC6(C)C(=CCC7(O)C6CC(OC(=O)C=Cc6ccccc6)C6(C)C(O)(C(C)OC(=O)c8cccnc8)CCC76O)C5)OC4C)CC3OC)CC2OC)OC(C)C1O. The molecule has 4 aliphatic heterocycles. The fourth-order valence-electron chi connectivity index (χ4n) is 15.7. The van der Waals surface area contributed by atoms with Gasteiger partial charge in [0.05, 0.1) is 65.9 Å². The number of aromatic nitrogens is 1. The molecule has 10 rings (SSSR count). The van der Waals surface area contributed by atoms with Crippen molar-refractivity contribution in [1.82, 2.24) is 4.98 Å². The van der Waals surface area contributed by atoms with Crippen LogP contribution in [0.4, 0.5) is 0 Å². The van der Waals surface area contributed by atoms with Gasteiger partial charge in [0.25, 0.3) is 0 Å². The van der Waals surface area contributed by atoms with Gasteiger partial charge < -0.3 is 87.1 Å². The number of ether oxygens (including phenoxy) is 13. The number of fused-ring (bicyclic) bond motifs is 5. The summed E-state index contributed by atoms with van der Waals surface area (Å²) in [5.74, 6) is -2.05. The zero-order chi connectivity index (χ0) is 60.1. The van der Waals surface area contributed by atoms with E-state index in [1.54, 1.807) is 60.3 Å². The molecule has 7 fully saturated rings. The van der Waals surface area contributed by atoms with Crippen molar-refractivity contribution >= 4 is 18.0 Å². The molecule has 466 valence electrons. The van der Waals surface area contributed by atoms with E-state index in [9.17, 15) is 35.1 Å². The van der Waals surface area contributed by atoms with E-state index in [1.165, 1.54) is 18.5 Å². The van der Waals surface area contributed by atoms with Gasteiger partial charge in [0.2, 0.25) is 0 Å². The molecule has 25 unspecified atom stereocenters. The minimum atomic E-state index is -2.02. The summed E-state index contributed by atoms with van der Waals surface area (Å²) in [5, 5.41) is 61.9. The predicted octanol–water partition coefficient (Wildman–Crippen LogP) is 5.63. The molecule has 8 aliphatic rings. The number of hydrogen-bond acceptors (Lipinski definition) is 21. The number of aliphatic hydroxyl groups excluding tert-OH is 2. The Morgan fingerprint density at radius 3 is 1.88 bits per heavy atom. The smallest absolute Gasteiger partial charge is 0.340 e. The molecule has 2 aromatic rings. The zero-order valence-corrected chi connectivity index (χ0v) is 50.1. The lowest BCUT2D eigenvalue weighted by molar-refractivity contribution is -0.346. The van der Waals surface area contributed by atoms with Gasteiger partial charge in [-0.05, 0) is 109 Å². The van der Waals surface area contributed by atoms with E-state index < -0.39 is 156 Å². The number of carbonyl (C=O) groups excluding carboxylic acids is 2. The summed E-state index contributed by atoms with van der Waals surface area (Å²) < 4.78 is 81.1. The van der Waals surface area contributed by atoms with Gasteiger partial charge in [-0.25, -0.2) is 9.59 Å². The second-order valence-electron chi connectivity index (χ2n) is 25.2. The highest BCUT2D eigenvalue weighted by atomic mass is 16.8. The highest BCUT2D eigenvalue weighted by Crippen LogP contribution is 2.71. The van der Waals surface area contributed by atoms with E-state index >= 15 is 0 Å². The Labute approximate surface area is 492 Å². The predicted molar refractivity (Wildman–Crippen MR) is 299 cm³/mol. The second kappa shape index (κ2) is 25.3. The van der Waals surface area contributed by atoms with Crippen LogP contribution in [0.5, 0.6) is 0 Å². The molecular weight excluding hydrogens is 1090 g/mol. The first-order chi connectivity index (χ1) is 40.0. The molecule has 0 spiro atoms. The summed E-state index contributed by atoms with van der Waals surface area (Å²) in [7, 11) is 4.78. The van der Waals surface area contributed by atoms with E-state index in [1.807, 2.05) is 57.2 Å². The maximum atomic E-state index is 13.9. The number of rotatable bonds is 17. The number of methoxy groups -OCH3 is 3. The third kappa shape index (κ3) is 11.7. The van der Waals surface area contributed by atoms with Crippen LogP contribution in [0.3, 0.4) is 0 Å². The van der Waals surface area contributed by atoms with E-state index in [0.29, 0.717) is 38.5 Å². The molecule has 1 aromatic carbocycles. The second-order valence-corrected chi connectivity index (χ2v) is 25.2. The molecule has 3 saturated carbocycles. The molecule has 5 N–H and O–H groups in total. The van der Waals surface area contributed by atoms with Gasteiger partial charge in [0.15, 0.2) is 25.2 Å². The van der Waals surface area contributed by atoms with Crippen molar-refractivity contribution < 1.29 is 96.7 Å². The van der Waals surface area contributed by atoms with Crippen LogP contribution in [0.2, 0.25) is 0 Å². The van der Waals surface area contributed by atoms with Crippen LogP contribution in [-0.2, 0) is 66.4 Å². The summed E-state index contributed by atoms with van der Waals surface area (Å²) in [4.78, 5) is 31.4. The third-order valence-corrected chi connectivity index (χ3v) is 20.6. The molecule has 84 heavy (non-hydrogen) atoms. The number of pyridine rings is 1. The Bertz CT molecular complexity index is 2620. The van der Waals surface area contributed by atoms with Gasteiger partial charge in [-0.15, -0.1) is 0 Å². The number of carbonyl (C=O) groups is 2. The fraction of sp³-hybridized carbons (Fsp3) is 0.730. The Hall–Kier alpha value is -3.85. The molecule has 4 saturated heterocycles. The highest BCUT2D eigenvalue weighted by molar-refractivity contribution is 5.89. The lowest BCUT2D eigenvalue weighted by Gasteiger charge is -2.67. The molecule has 0 amide bonds. The Kier molecular flexibility index (Phi) is 19.0. The van der Waals surface area contributed by atoms with E-state index in [2.05, 4.69) is 11.9 Å². The van der Waals surface area contributed by atoms with Crippen LogP contribution in [-0.4, -0.2) is 197 Å². The average Bonchev–Trinajstić information content (AvgIpc) is 1.44. The first kappa shape index (κ1) is 63.2. The third-order valence-electron chi connectivity index (χ3n) is 20.6. The molecule has 0 radical (unpaired) electrons. The van der Waals surface area contributed by atoms with Gasteiger partial charge in [-0.2, -0.15) is 0 Å². The summed E-state index contributed by atoms with van der Waals surface area (Å²) >= 11 is 0. The number of esters is 2. The molecule has 21 heteroatoms. The van der Waals surface area contributed by atoms with Crippen LogP contribution in [0.15, 0.2) is 72.6 Å². The summed E-state index contributed by atoms with van der Waals surface area (Å²) in [6.45, 7) is 12.7. The monoisotopic (exact) mass is 1180 g/mol. The van der Waals surface area contributed by atoms with Crippen molar-refractivity contribution in [2.45, 2.75) is 253 Å². The van der Waals surface area contributed by atoms with Crippen molar-refractivity contribution in [3.63, 3.8) is 0 Å².